The number of ether oxygens (including phenoxy) is 2. The van der Waals surface area contributed by atoms with Gasteiger partial charge in [-0.1, -0.05) is 0 Å². The first kappa shape index (κ1) is 14.2. The number of amides is 1. The molecule has 1 aromatic carbocycles. The number of benzene rings is 1. The van der Waals surface area contributed by atoms with Crippen molar-refractivity contribution in [2.75, 3.05) is 12.1 Å². The van der Waals surface area contributed by atoms with Crippen LogP contribution in [0.3, 0.4) is 0 Å². The van der Waals surface area contributed by atoms with Crippen LogP contribution in [0.4, 0.5) is 5.00 Å². The molecular formula is C16H12N2O3S2. The van der Waals surface area contributed by atoms with E-state index in [-0.39, 0.29) is 12.7 Å². The SMILES string of the molecule is Cc1csc(-c2ccsc2NC(=O)c2ccc3c(c2)OCO3)n1. The maximum Gasteiger partial charge on any atom is 0.256 e. The molecule has 0 bridgehead atoms. The zero-order valence-corrected chi connectivity index (χ0v) is 13.8. The van der Waals surface area contributed by atoms with Crippen molar-refractivity contribution >= 4 is 33.6 Å². The predicted octanol–water partition coefficient (Wildman–Crippen LogP) is 4.16. The molecule has 0 saturated carbocycles. The summed E-state index contributed by atoms with van der Waals surface area (Å²) in [5.74, 6) is 1.08. The van der Waals surface area contributed by atoms with Gasteiger partial charge in [-0.2, -0.15) is 0 Å². The molecule has 1 aliphatic rings. The number of carbonyl (C=O) groups is 1. The highest BCUT2D eigenvalue weighted by molar-refractivity contribution is 7.17. The topological polar surface area (TPSA) is 60.5 Å². The zero-order valence-electron chi connectivity index (χ0n) is 12.2. The number of nitrogens with zero attached hydrogens (tertiary/aromatic N) is 1. The third-order valence-electron chi connectivity index (χ3n) is 3.38. The third kappa shape index (κ3) is 2.69. The van der Waals surface area contributed by atoms with Crippen LogP contribution in [0.2, 0.25) is 0 Å². The highest BCUT2D eigenvalue weighted by Gasteiger charge is 2.18. The van der Waals surface area contributed by atoms with Crippen LogP contribution in [0.25, 0.3) is 10.6 Å². The minimum atomic E-state index is -0.180. The molecule has 0 unspecified atom stereocenters. The van der Waals surface area contributed by atoms with Crippen LogP contribution in [0.5, 0.6) is 11.5 Å². The van der Waals surface area contributed by atoms with E-state index < -0.39 is 0 Å². The fraction of sp³-hybridized carbons (Fsp3) is 0.125. The normalized spacial score (nSPS) is 12.4. The molecule has 4 rings (SSSR count). The summed E-state index contributed by atoms with van der Waals surface area (Å²) < 4.78 is 10.6. The van der Waals surface area contributed by atoms with Crippen molar-refractivity contribution in [3.63, 3.8) is 0 Å². The van der Waals surface area contributed by atoms with Gasteiger partial charge in [-0.3, -0.25) is 4.79 Å². The van der Waals surface area contributed by atoms with E-state index in [1.54, 1.807) is 29.5 Å². The molecule has 0 saturated heterocycles. The first-order valence-electron chi connectivity index (χ1n) is 6.92. The number of thiazole rings is 1. The quantitative estimate of drug-likeness (QED) is 0.775. The van der Waals surface area contributed by atoms with E-state index in [0.717, 1.165) is 21.3 Å². The van der Waals surface area contributed by atoms with Crippen molar-refractivity contribution in [3.8, 4) is 22.1 Å². The number of carbonyl (C=O) groups excluding carboxylic acids is 1. The number of thiophene rings is 1. The third-order valence-corrected chi connectivity index (χ3v) is 5.20. The van der Waals surface area contributed by atoms with Crippen molar-refractivity contribution in [1.82, 2.24) is 4.98 Å². The van der Waals surface area contributed by atoms with Crippen LogP contribution in [0, 0.1) is 6.92 Å². The lowest BCUT2D eigenvalue weighted by Crippen LogP contribution is -2.11. The van der Waals surface area contributed by atoms with E-state index in [4.69, 9.17) is 9.47 Å². The first-order chi connectivity index (χ1) is 11.2. The highest BCUT2D eigenvalue weighted by atomic mass is 32.1. The molecule has 2 aromatic heterocycles. The molecule has 1 amide bonds. The van der Waals surface area contributed by atoms with Gasteiger partial charge in [0, 0.05) is 22.2 Å². The number of nitrogens with one attached hydrogen (secondary N) is 1. The molecule has 3 aromatic rings. The maximum absolute atomic E-state index is 12.5. The Kier molecular flexibility index (Phi) is 3.51. The number of hydrogen-bond donors (Lipinski definition) is 1. The fourth-order valence-electron chi connectivity index (χ4n) is 2.27. The van der Waals surface area contributed by atoms with Gasteiger partial charge in [0.1, 0.15) is 10.0 Å². The Bertz CT molecular complexity index is 885. The molecule has 0 spiro atoms. The van der Waals surface area contributed by atoms with Gasteiger partial charge in [-0.15, -0.1) is 22.7 Å². The second kappa shape index (κ2) is 5.68. The second-order valence-corrected chi connectivity index (χ2v) is 6.75. The molecule has 0 aliphatic carbocycles. The van der Waals surface area contributed by atoms with Crippen LogP contribution in [-0.2, 0) is 0 Å². The highest BCUT2D eigenvalue weighted by Crippen LogP contribution is 2.36. The number of aromatic nitrogens is 1. The zero-order chi connectivity index (χ0) is 15.8. The maximum atomic E-state index is 12.5. The van der Waals surface area contributed by atoms with E-state index in [1.165, 1.54) is 11.3 Å². The summed E-state index contributed by atoms with van der Waals surface area (Å²) >= 11 is 3.05. The average Bonchev–Trinajstić information content (AvgIpc) is 3.26. The van der Waals surface area contributed by atoms with Crippen LogP contribution in [0.1, 0.15) is 16.1 Å². The summed E-state index contributed by atoms with van der Waals surface area (Å²) in [6.07, 6.45) is 0. The molecule has 0 atom stereocenters. The Morgan fingerprint density at radius 1 is 1.22 bits per heavy atom. The van der Waals surface area contributed by atoms with Crippen molar-refractivity contribution < 1.29 is 14.3 Å². The van der Waals surface area contributed by atoms with Crippen LogP contribution in [0.15, 0.2) is 35.0 Å². The Labute approximate surface area is 140 Å². The van der Waals surface area contributed by atoms with Crippen LogP contribution in [-0.4, -0.2) is 17.7 Å². The van der Waals surface area contributed by atoms with Crippen molar-refractivity contribution in [2.45, 2.75) is 6.92 Å². The van der Waals surface area contributed by atoms with E-state index in [1.807, 2.05) is 23.8 Å². The number of anilines is 1. The van der Waals surface area contributed by atoms with Gasteiger partial charge < -0.3 is 14.8 Å². The smallest absolute Gasteiger partial charge is 0.256 e. The molecule has 1 N–H and O–H groups in total. The average molecular weight is 344 g/mol. The van der Waals surface area contributed by atoms with Gasteiger partial charge in [0.2, 0.25) is 6.79 Å². The van der Waals surface area contributed by atoms with E-state index in [0.29, 0.717) is 17.1 Å². The van der Waals surface area contributed by atoms with E-state index >= 15 is 0 Å². The second-order valence-electron chi connectivity index (χ2n) is 4.98. The van der Waals surface area contributed by atoms with Gasteiger partial charge >= 0.3 is 0 Å². The predicted molar refractivity (Wildman–Crippen MR) is 90.7 cm³/mol. The van der Waals surface area contributed by atoms with Crippen LogP contribution < -0.4 is 14.8 Å². The number of hydrogen-bond acceptors (Lipinski definition) is 6. The Morgan fingerprint density at radius 3 is 2.91 bits per heavy atom. The number of aryl methyl sites for hydroxylation is 1. The first-order valence-corrected chi connectivity index (χ1v) is 8.67. The van der Waals surface area contributed by atoms with Crippen molar-refractivity contribution in [3.05, 3.63) is 46.3 Å². The molecule has 1 aliphatic heterocycles. The lowest BCUT2D eigenvalue weighted by atomic mass is 10.2. The lowest BCUT2D eigenvalue weighted by Gasteiger charge is -2.06. The molecule has 7 heteroatoms. The molecular weight excluding hydrogens is 332 g/mol. The van der Waals surface area contributed by atoms with Gasteiger partial charge in [-0.05, 0) is 36.6 Å². The molecule has 116 valence electrons. The van der Waals surface area contributed by atoms with Crippen molar-refractivity contribution in [1.29, 1.82) is 0 Å². The molecule has 0 fully saturated rings. The van der Waals surface area contributed by atoms with Gasteiger partial charge in [0.15, 0.2) is 11.5 Å². The van der Waals surface area contributed by atoms with Crippen molar-refractivity contribution in [2.24, 2.45) is 0 Å². The minimum Gasteiger partial charge on any atom is -0.454 e. The Balaban J connectivity index is 1.59. The summed E-state index contributed by atoms with van der Waals surface area (Å²) in [5.41, 5.74) is 2.45. The summed E-state index contributed by atoms with van der Waals surface area (Å²) in [6.45, 7) is 2.15. The van der Waals surface area contributed by atoms with Gasteiger partial charge in [-0.25, -0.2) is 4.98 Å². The molecule has 3 heterocycles. The van der Waals surface area contributed by atoms with Gasteiger partial charge in [0.05, 0.1) is 0 Å². The number of rotatable bonds is 3. The largest absolute Gasteiger partial charge is 0.454 e. The van der Waals surface area contributed by atoms with E-state index in [9.17, 15) is 4.79 Å². The lowest BCUT2D eigenvalue weighted by molar-refractivity contribution is 0.102. The Morgan fingerprint density at radius 2 is 2.09 bits per heavy atom. The summed E-state index contributed by atoms with van der Waals surface area (Å²) in [6, 6.07) is 7.14. The Hall–Kier alpha value is -2.38. The van der Waals surface area contributed by atoms with Crippen LogP contribution >= 0.6 is 22.7 Å². The van der Waals surface area contributed by atoms with Gasteiger partial charge in [0.25, 0.3) is 5.91 Å². The summed E-state index contributed by atoms with van der Waals surface area (Å²) in [5, 5.41) is 8.60. The standard InChI is InChI=1S/C16H12N2O3S2/c1-9-7-23-15(17-9)11-4-5-22-16(11)18-14(19)10-2-3-12-13(6-10)21-8-20-12/h2-7H,8H2,1H3,(H,18,19). The molecule has 5 nitrogen and oxygen atoms in total. The van der Waals surface area contributed by atoms with E-state index in [2.05, 4.69) is 10.3 Å². The number of fused-ring (bicyclic) bond motifs is 1. The monoisotopic (exact) mass is 344 g/mol. The molecule has 0 radical (unpaired) electrons. The minimum absolute atomic E-state index is 0.180. The summed E-state index contributed by atoms with van der Waals surface area (Å²) in [7, 11) is 0. The fourth-order valence-corrected chi connectivity index (χ4v) is 3.94. The molecule has 23 heavy (non-hydrogen) atoms. The summed E-state index contributed by atoms with van der Waals surface area (Å²) in [4.78, 5) is 17.0.